The Hall–Kier alpha value is -1.67. The molecule has 20 heavy (non-hydrogen) atoms. The standard InChI is InChI=1S/C12H12N4O2S2/c1-3-9-13-10(18-16-9)7(2)20-12-15-14-11(17-12)8-5-4-6-19-8/h4-7H,3H2,1-2H3. The maximum Gasteiger partial charge on any atom is 0.277 e. The summed E-state index contributed by atoms with van der Waals surface area (Å²) < 4.78 is 10.8. The van der Waals surface area contributed by atoms with E-state index >= 15 is 0 Å². The molecule has 0 saturated heterocycles. The molecule has 0 aliphatic carbocycles. The number of hydrogen-bond acceptors (Lipinski definition) is 8. The van der Waals surface area contributed by atoms with Crippen LogP contribution >= 0.6 is 23.1 Å². The Bertz CT molecular complexity index is 677. The van der Waals surface area contributed by atoms with Crippen LogP contribution < -0.4 is 0 Å². The summed E-state index contributed by atoms with van der Waals surface area (Å²) in [6, 6.07) is 3.89. The van der Waals surface area contributed by atoms with Crippen LogP contribution in [-0.2, 0) is 6.42 Å². The molecule has 0 saturated carbocycles. The lowest BCUT2D eigenvalue weighted by molar-refractivity contribution is 0.374. The van der Waals surface area contributed by atoms with Crippen LogP contribution in [0.3, 0.4) is 0 Å². The van der Waals surface area contributed by atoms with Gasteiger partial charge < -0.3 is 8.94 Å². The second kappa shape index (κ2) is 5.76. The Kier molecular flexibility index (Phi) is 3.83. The van der Waals surface area contributed by atoms with E-state index in [1.807, 2.05) is 31.4 Å². The molecule has 3 rings (SSSR count). The van der Waals surface area contributed by atoms with Crippen molar-refractivity contribution in [1.82, 2.24) is 20.3 Å². The second-order valence-electron chi connectivity index (χ2n) is 4.01. The number of aromatic nitrogens is 4. The van der Waals surface area contributed by atoms with Crippen molar-refractivity contribution < 1.29 is 8.94 Å². The number of thioether (sulfide) groups is 1. The van der Waals surface area contributed by atoms with Crippen molar-refractivity contribution in [2.75, 3.05) is 0 Å². The first-order valence-corrected chi connectivity index (χ1v) is 7.88. The van der Waals surface area contributed by atoms with Crippen LogP contribution in [-0.4, -0.2) is 20.3 Å². The highest BCUT2D eigenvalue weighted by molar-refractivity contribution is 7.99. The zero-order chi connectivity index (χ0) is 13.9. The highest BCUT2D eigenvalue weighted by atomic mass is 32.2. The molecule has 1 atom stereocenters. The van der Waals surface area contributed by atoms with Gasteiger partial charge in [0.1, 0.15) is 0 Å². The van der Waals surface area contributed by atoms with E-state index in [-0.39, 0.29) is 5.25 Å². The first-order chi connectivity index (χ1) is 9.76. The van der Waals surface area contributed by atoms with Crippen molar-refractivity contribution in [3.8, 4) is 10.8 Å². The molecular weight excluding hydrogens is 296 g/mol. The number of hydrogen-bond donors (Lipinski definition) is 0. The molecule has 6 nitrogen and oxygen atoms in total. The molecule has 0 N–H and O–H groups in total. The molecule has 0 radical (unpaired) electrons. The summed E-state index contributed by atoms with van der Waals surface area (Å²) in [4.78, 5) is 5.26. The number of rotatable bonds is 5. The Morgan fingerprint density at radius 3 is 3.00 bits per heavy atom. The first-order valence-electron chi connectivity index (χ1n) is 6.12. The number of thiophene rings is 1. The molecule has 0 fully saturated rings. The van der Waals surface area contributed by atoms with E-state index in [0.717, 1.165) is 11.3 Å². The molecule has 8 heteroatoms. The largest absolute Gasteiger partial charge is 0.410 e. The fourth-order valence-electron chi connectivity index (χ4n) is 1.54. The lowest BCUT2D eigenvalue weighted by Gasteiger charge is -2.00. The van der Waals surface area contributed by atoms with Gasteiger partial charge in [-0.25, -0.2) is 0 Å². The SMILES string of the molecule is CCc1noc(C(C)Sc2nnc(-c3cccs3)o2)n1. The van der Waals surface area contributed by atoms with E-state index in [2.05, 4.69) is 20.3 Å². The third-order valence-corrected chi connectivity index (χ3v) is 4.34. The number of nitrogens with zero attached hydrogens (tertiary/aromatic N) is 4. The highest BCUT2D eigenvalue weighted by Gasteiger charge is 2.19. The van der Waals surface area contributed by atoms with Crippen LogP contribution in [0.1, 0.15) is 30.8 Å². The van der Waals surface area contributed by atoms with Crippen LogP contribution in [0.2, 0.25) is 0 Å². The molecule has 1 unspecified atom stereocenters. The molecule has 3 heterocycles. The van der Waals surface area contributed by atoms with E-state index < -0.39 is 0 Å². The summed E-state index contributed by atoms with van der Waals surface area (Å²) >= 11 is 2.97. The third kappa shape index (κ3) is 2.75. The summed E-state index contributed by atoms with van der Waals surface area (Å²) in [7, 11) is 0. The average Bonchev–Trinajstić information content (AvgIpc) is 3.19. The van der Waals surface area contributed by atoms with Crippen LogP contribution in [0.25, 0.3) is 10.8 Å². The zero-order valence-electron chi connectivity index (χ0n) is 10.9. The lowest BCUT2D eigenvalue weighted by atomic mass is 10.4. The molecule has 0 aliphatic rings. The van der Waals surface area contributed by atoms with E-state index in [0.29, 0.717) is 22.8 Å². The van der Waals surface area contributed by atoms with Gasteiger partial charge >= 0.3 is 0 Å². The van der Waals surface area contributed by atoms with Crippen LogP contribution in [0.4, 0.5) is 0 Å². The maximum atomic E-state index is 5.61. The van der Waals surface area contributed by atoms with Gasteiger partial charge in [-0.1, -0.05) is 29.9 Å². The maximum absolute atomic E-state index is 5.61. The van der Waals surface area contributed by atoms with Gasteiger partial charge in [-0.2, -0.15) is 4.98 Å². The Morgan fingerprint density at radius 2 is 2.30 bits per heavy atom. The van der Waals surface area contributed by atoms with Crippen molar-refractivity contribution in [2.24, 2.45) is 0 Å². The summed E-state index contributed by atoms with van der Waals surface area (Å²) in [6.45, 7) is 3.95. The van der Waals surface area contributed by atoms with E-state index in [1.165, 1.54) is 11.8 Å². The smallest absolute Gasteiger partial charge is 0.277 e. The van der Waals surface area contributed by atoms with Crippen molar-refractivity contribution in [3.05, 3.63) is 29.2 Å². The third-order valence-electron chi connectivity index (χ3n) is 2.56. The minimum atomic E-state index is -0.0283. The van der Waals surface area contributed by atoms with Crippen molar-refractivity contribution in [1.29, 1.82) is 0 Å². The zero-order valence-corrected chi connectivity index (χ0v) is 12.6. The first kappa shape index (κ1) is 13.3. The van der Waals surface area contributed by atoms with E-state index in [4.69, 9.17) is 8.94 Å². The van der Waals surface area contributed by atoms with Gasteiger partial charge in [0.15, 0.2) is 5.82 Å². The Labute approximate surface area is 123 Å². The predicted molar refractivity (Wildman–Crippen MR) is 75.6 cm³/mol. The van der Waals surface area contributed by atoms with Crippen molar-refractivity contribution in [2.45, 2.75) is 30.7 Å². The minimum absolute atomic E-state index is 0.0283. The van der Waals surface area contributed by atoms with Crippen molar-refractivity contribution >= 4 is 23.1 Å². The molecule has 0 aromatic carbocycles. The topological polar surface area (TPSA) is 77.8 Å². The number of aryl methyl sites for hydroxylation is 1. The van der Waals surface area contributed by atoms with Crippen LogP contribution in [0, 0.1) is 0 Å². The molecule has 3 aromatic heterocycles. The van der Waals surface area contributed by atoms with Gasteiger partial charge in [0, 0.05) is 6.42 Å². The molecule has 0 amide bonds. The summed E-state index contributed by atoms with van der Waals surface area (Å²) in [5.41, 5.74) is 0. The van der Waals surface area contributed by atoms with Gasteiger partial charge in [-0.15, -0.1) is 21.5 Å². The quantitative estimate of drug-likeness (QED) is 0.666. The predicted octanol–water partition coefficient (Wildman–Crippen LogP) is 3.60. The fourth-order valence-corrected chi connectivity index (χ4v) is 2.89. The summed E-state index contributed by atoms with van der Waals surface area (Å²) in [6.07, 6.45) is 0.754. The molecule has 104 valence electrons. The van der Waals surface area contributed by atoms with Gasteiger partial charge in [0.2, 0.25) is 5.89 Å². The normalized spacial score (nSPS) is 12.7. The molecule has 3 aromatic rings. The molecular formula is C12H12N4O2S2. The second-order valence-corrected chi connectivity index (χ2v) is 6.25. The molecule has 0 spiro atoms. The van der Waals surface area contributed by atoms with Gasteiger partial charge in [-0.05, 0) is 18.4 Å². The van der Waals surface area contributed by atoms with Crippen LogP contribution in [0.5, 0.6) is 0 Å². The summed E-state index contributed by atoms with van der Waals surface area (Å²) in [5, 5.41) is 14.4. The Balaban J connectivity index is 1.71. The van der Waals surface area contributed by atoms with Gasteiger partial charge in [0.05, 0.1) is 10.1 Å². The monoisotopic (exact) mass is 308 g/mol. The lowest BCUT2D eigenvalue weighted by Crippen LogP contribution is -1.90. The van der Waals surface area contributed by atoms with E-state index in [1.54, 1.807) is 11.3 Å². The molecule has 0 bridgehead atoms. The van der Waals surface area contributed by atoms with Gasteiger partial charge in [-0.3, -0.25) is 0 Å². The average molecular weight is 308 g/mol. The summed E-state index contributed by atoms with van der Waals surface area (Å²) in [5.74, 6) is 1.81. The minimum Gasteiger partial charge on any atom is -0.410 e. The van der Waals surface area contributed by atoms with E-state index in [9.17, 15) is 0 Å². The highest BCUT2D eigenvalue weighted by Crippen LogP contribution is 2.34. The van der Waals surface area contributed by atoms with Crippen molar-refractivity contribution in [3.63, 3.8) is 0 Å². The fraction of sp³-hybridized carbons (Fsp3) is 0.333. The van der Waals surface area contributed by atoms with Gasteiger partial charge in [0.25, 0.3) is 11.1 Å². The Morgan fingerprint density at radius 1 is 1.40 bits per heavy atom. The molecule has 0 aliphatic heterocycles. The van der Waals surface area contributed by atoms with Crippen LogP contribution in [0.15, 0.2) is 31.7 Å².